The zero-order valence-corrected chi connectivity index (χ0v) is 8.08. The Hall–Kier alpha value is -1.49. The number of nitrogens with zero attached hydrogens (tertiary/aromatic N) is 1. The molecule has 5 heteroatoms. The van der Waals surface area contributed by atoms with E-state index in [1.54, 1.807) is 0 Å². The molecule has 72 valence electrons. The standard InChI is InChI=1S/C9H8N2O2S/c12-11(13)7-5-10-8-3-1-2-4-9(8)14-6-7/h1-5,10H,6H2. The summed E-state index contributed by atoms with van der Waals surface area (Å²) >= 11 is 1.47. The van der Waals surface area contributed by atoms with Crippen LogP contribution in [0.5, 0.6) is 0 Å². The van der Waals surface area contributed by atoms with E-state index in [2.05, 4.69) is 5.32 Å². The molecule has 1 aromatic carbocycles. The summed E-state index contributed by atoms with van der Waals surface area (Å²) in [5, 5.41) is 13.5. The molecule has 1 heterocycles. The highest BCUT2D eigenvalue weighted by molar-refractivity contribution is 7.99. The van der Waals surface area contributed by atoms with Crippen LogP contribution in [0.2, 0.25) is 0 Å². The van der Waals surface area contributed by atoms with Gasteiger partial charge in [0.15, 0.2) is 0 Å². The highest BCUT2D eigenvalue weighted by Gasteiger charge is 2.15. The first kappa shape index (κ1) is 9.08. The smallest absolute Gasteiger partial charge is 0.272 e. The van der Waals surface area contributed by atoms with Gasteiger partial charge < -0.3 is 5.32 Å². The van der Waals surface area contributed by atoms with Crippen molar-refractivity contribution in [2.24, 2.45) is 0 Å². The molecule has 0 aliphatic carbocycles. The van der Waals surface area contributed by atoms with Crippen LogP contribution in [0.4, 0.5) is 5.69 Å². The van der Waals surface area contributed by atoms with Crippen molar-refractivity contribution >= 4 is 17.4 Å². The van der Waals surface area contributed by atoms with Crippen LogP contribution in [0, 0.1) is 10.1 Å². The van der Waals surface area contributed by atoms with Gasteiger partial charge in [0.25, 0.3) is 5.70 Å². The molecular weight excluding hydrogens is 200 g/mol. The number of para-hydroxylation sites is 1. The Bertz CT molecular complexity index is 404. The van der Waals surface area contributed by atoms with Crippen molar-refractivity contribution < 1.29 is 4.92 Å². The molecule has 0 aromatic heterocycles. The molecule has 0 radical (unpaired) electrons. The highest BCUT2D eigenvalue weighted by Crippen LogP contribution is 2.30. The Morgan fingerprint density at radius 2 is 2.21 bits per heavy atom. The molecule has 0 fully saturated rings. The molecule has 1 aromatic rings. The molecule has 0 saturated carbocycles. The minimum Gasteiger partial charge on any atom is -0.355 e. The van der Waals surface area contributed by atoms with Gasteiger partial charge in [-0.05, 0) is 12.1 Å². The van der Waals surface area contributed by atoms with E-state index >= 15 is 0 Å². The molecule has 1 N–H and O–H groups in total. The maximum Gasteiger partial charge on any atom is 0.272 e. The second kappa shape index (κ2) is 3.71. The molecule has 0 atom stereocenters. The second-order valence-electron chi connectivity index (χ2n) is 2.82. The van der Waals surface area contributed by atoms with E-state index in [1.807, 2.05) is 24.3 Å². The molecule has 0 saturated heterocycles. The summed E-state index contributed by atoms with van der Waals surface area (Å²) in [5.41, 5.74) is 1.13. The SMILES string of the molecule is O=[N+]([O-])C1=CNc2ccccc2SC1. The monoisotopic (exact) mass is 208 g/mol. The van der Waals surface area contributed by atoms with Gasteiger partial charge in [-0.15, -0.1) is 11.8 Å². The van der Waals surface area contributed by atoms with E-state index in [1.165, 1.54) is 18.0 Å². The van der Waals surface area contributed by atoms with Gasteiger partial charge in [0.1, 0.15) is 0 Å². The first-order valence-electron chi connectivity index (χ1n) is 4.09. The van der Waals surface area contributed by atoms with Crippen LogP contribution in [0.25, 0.3) is 0 Å². The van der Waals surface area contributed by atoms with E-state index in [-0.39, 0.29) is 10.6 Å². The van der Waals surface area contributed by atoms with Crippen LogP contribution in [0.3, 0.4) is 0 Å². The first-order chi connectivity index (χ1) is 6.77. The number of benzene rings is 1. The molecule has 0 spiro atoms. The summed E-state index contributed by atoms with van der Waals surface area (Å²) in [6.07, 6.45) is 1.46. The number of nitro groups is 1. The lowest BCUT2D eigenvalue weighted by atomic mass is 10.3. The van der Waals surface area contributed by atoms with Crippen LogP contribution in [-0.2, 0) is 0 Å². The lowest BCUT2D eigenvalue weighted by molar-refractivity contribution is -0.423. The Morgan fingerprint density at radius 1 is 1.43 bits per heavy atom. The largest absolute Gasteiger partial charge is 0.355 e. The topological polar surface area (TPSA) is 55.2 Å². The van der Waals surface area contributed by atoms with Crippen molar-refractivity contribution in [1.82, 2.24) is 0 Å². The quantitative estimate of drug-likeness (QED) is 0.568. The summed E-state index contributed by atoms with van der Waals surface area (Å²) in [6, 6.07) is 7.67. The molecule has 0 bridgehead atoms. The molecule has 4 nitrogen and oxygen atoms in total. The predicted octanol–water partition coefficient (Wildman–Crippen LogP) is 2.32. The van der Waals surface area contributed by atoms with Gasteiger partial charge in [-0.25, -0.2) is 0 Å². The first-order valence-corrected chi connectivity index (χ1v) is 5.08. The fourth-order valence-electron chi connectivity index (χ4n) is 1.17. The maximum atomic E-state index is 10.5. The fourth-order valence-corrected chi connectivity index (χ4v) is 2.12. The van der Waals surface area contributed by atoms with Gasteiger partial charge in [-0.3, -0.25) is 10.1 Å². The minimum atomic E-state index is -0.355. The van der Waals surface area contributed by atoms with Gasteiger partial charge in [-0.1, -0.05) is 12.1 Å². The van der Waals surface area contributed by atoms with Gasteiger partial charge in [0, 0.05) is 4.90 Å². The summed E-state index contributed by atoms with van der Waals surface area (Å²) in [7, 11) is 0. The average Bonchev–Trinajstić information content (AvgIpc) is 2.39. The van der Waals surface area contributed by atoms with E-state index in [0.29, 0.717) is 5.75 Å². The van der Waals surface area contributed by atoms with Crippen molar-refractivity contribution in [3.8, 4) is 0 Å². The number of fused-ring (bicyclic) bond motifs is 1. The molecule has 1 aliphatic heterocycles. The van der Waals surface area contributed by atoms with Gasteiger partial charge in [0.05, 0.1) is 22.6 Å². The Morgan fingerprint density at radius 3 is 3.00 bits per heavy atom. The molecule has 0 amide bonds. The number of rotatable bonds is 1. The third-order valence-corrected chi connectivity index (χ3v) is 3.00. The second-order valence-corrected chi connectivity index (χ2v) is 3.84. The van der Waals surface area contributed by atoms with Crippen molar-refractivity contribution in [3.63, 3.8) is 0 Å². The number of thioether (sulfide) groups is 1. The third-order valence-electron chi connectivity index (χ3n) is 1.89. The highest BCUT2D eigenvalue weighted by atomic mass is 32.2. The lowest BCUT2D eigenvalue weighted by Crippen LogP contribution is -2.02. The van der Waals surface area contributed by atoms with E-state index in [0.717, 1.165) is 10.6 Å². The number of hydrogen-bond donors (Lipinski definition) is 1. The number of hydrogen-bond acceptors (Lipinski definition) is 4. The predicted molar refractivity (Wildman–Crippen MR) is 55.9 cm³/mol. The summed E-state index contributed by atoms with van der Waals surface area (Å²) < 4.78 is 0. The van der Waals surface area contributed by atoms with Crippen molar-refractivity contribution in [2.75, 3.05) is 11.1 Å². The maximum absolute atomic E-state index is 10.5. The van der Waals surface area contributed by atoms with Gasteiger partial charge in [-0.2, -0.15) is 0 Å². The van der Waals surface area contributed by atoms with E-state index < -0.39 is 0 Å². The Kier molecular flexibility index (Phi) is 2.41. The summed E-state index contributed by atoms with van der Waals surface area (Å²) in [5.74, 6) is 0.400. The average molecular weight is 208 g/mol. The van der Waals surface area contributed by atoms with Crippen LogP contribution in [-0.4, -0.2) is 10.7 Å². The van der Waals surface area contributed by atoms with Crippen LogP contribution in [0.15, 0.2) is 41.1 Å². The van der Waals surface area contributed by atoms with Gasteiger partial charge in [0.2, 0.25) is 0 Å². The van der Waals surface area contributed by atoms with Crippen LogP contribution in [0.1, 0.15) is 0 Å². The minimum absolute atomic E-state index is 0.200. The lowest BCUT2D eigenvalue weighted by Gasteiger charge is -2.02. The zero-order chi connectivity index (χ0) is 9.97. The Labute approximate surface area is 85.2 Å². The molecule has 1 aliphatic rings. The van der Waals surface area contributed by atoms with Crippen LogP contribution >= 0.6 is 11.8 Å². The number of nitrogens with one attached hydrogen (secondary N) is 1. The molecule has 2 rings (SSSR count). The molecule has 0 unspecified atom stereocenters. The molecular formula is C9H8N2O2S. The summed E-state index contributed by atoms with van der Waals surface area (Å²) in [4.78, 5) is 11.2. The van der Waals surface area contributed by atoms with Gasteiger partial charge >= 0.3 is 0 Å². The number of anilines is 1. The zero-order valence-electron chi connectivity index (χ0n) is 7.27. The van der Waals surface area contributed by atoms with E-state index in [9.17, 15) is 10.1 Å². The normalized spacial score (nSPS) is 14.7. The Balaban J connectivity index is 2.28. The van der Waals surface area contributed by atoms with Crippen molar-refractivity contribution in [2.45, 2.75) is 4.90 Å². The van der Waals surface area contributed by atoms with E-state index in [4.69, 9.17) is 0 Å². The van der Waals surface area contributed by atoms with Crippen LogP contribution < -0.4 is 5.32 Å². The third kappa shape index (κ3) is 1.72. The summed E-state index contributed by atoms with van der Waals surface area (Å²) in [6.45, 7) is 0. The molecule has 14 heavy (non-hydrogen) atoms. The fraction of sp³-hybridized carbons (Fsp3) is 0.111. The van der Waals surface area contributed by atoms with Crippen molar-refractivity contribution in [1.29, 1.82) is 0 Å². The van der Waals surface area contributed by atoms with Crippen molar-refractivity contribution in [3.05, 3.63) is 46.3 Å².